The van der Waals surface area contributed by atoms with Gasteiger partial charge in [-0.3, -0.25) is 4.79 Å². The quantitative estimate of drug-likeness (QED) is 0.616. The van der Waals surface area contributed by atoms with Crippen molar-refractivity contribution in [2.45, 2.75) is 32.4 Å². The first-order valence-corrected chi connectivity index (χ1v) is 9.50. The molecular weight excluding hydrogens is 356 g/mol. The molecule has 0 unspecified atom stereocenters. The second kappa shape index (κ2) is 9.23. The van der Waals surface area contributed by atoms with Crippen LogP contribution in [0.2, 0.25) is 0 Å². The van der Waals surface area contributed by atoms with E-state index in [0.717, 1.165) is 42.7 Å². The number of anilines is 2. The Kier molecular flexibility index (Phi) is 6.49. The SMILES string of the molecule is NC(=O)c1ccc(N2CCCCC2)c(NC(=O)NCc2ccccc2CO)c1. The summed E-state index contributed by atoms with van der Waals surface area (Å²) in [5, 5.41) is 15.1. The number of carbonyl (C=O) groups excluding carboxylic acids is 2. The molecule has 0 spiro atoms. The second-order valence-electron chi connectivity index (χ2n) is 6.88. The highest BCUT2D eigenvalue weighted by molar-refractivity contribution is 5.98. The Balaban J connectivity index is 1.74. The van der Waals surface area contributed by atoms with Gasteiger partial charge < -0.3 is 26.4 Å². The van der Waals surface area contributed by atoms with Gasteiger partial charge >= 0.3 is 6.03 Å². The minimum absolute atomic E-state index is 0.0841. The molecule has 0 atom stereocenters. The van der Waals surface area contributed by atoms with Crippen LogP contribution < -0.4 is 21.3 Å². The second-order valence-corrected chi connectivity index (χ2v) is 6.88. The fraction of sp³-hybridized carbons (Fsp3) is 0.333. The molecule has 2 aromatic carbocycles. The number of nitrogens with zero attached hydrogens (tertiary/aromatic N) is 1. The molecule has 0 radical (unpaired) electrons. The average molecular weight is 382 g/mol. The van der Waals surface area contributed by atoms with Crippen molar-refractivity contribution in [1.29, 1.82) is 0 Å². The van der Waals surface area contributed by atoms with Crippen LogP contribution in [0.15, 0.2) is 42.5 Å². The van der Waals surface area contributed by atoms with E-state index < -0.39 is 5.91 Å². The monoisotopic (exact) mass is 382 g/mol. The van der Waals surface area contributed by atoms with Gasteiger partial charge in [0.2, 0.25) is 5.91 Å². The van der Waals surface area contributed by atoms with Gasteiger partial charge in [-0.25, -0.2) is 4.79 Å². The van der Waals surface area contributed by atoms with Crippen molar-refractivity contribution in [2.24, 2.45) is 5.73 Å². The number of nitrogens with two attached hydrogens (primary N) is 1. The average Bonchev–Trinajstić information content (AvgIpc) is 2.73. The van der Waals surface area contributed by atoms with Crippen LogP contribution in [0.25, 0.3) is 0 Å². The zero-order valence-electron chi connectivity index (χ0n) is 15.8. The van der Waals surface area contributed by atoms with Gasteiger partial charge in [-0.2, -0.15) is 0 Å². The molecule has 7 heteroatoms. The molecule has 28 heavy (non-hydrogen) atoms. The molecule has 148 valence electrons. The van der Waals surface area contributed by atoms with E-state index in [4.69, 9.17) is 5.73 Å². The number of benzene rings is 2. The van der Waals surface area contributed by atoms with Crippen LogP contribution in [0.5, 0.6) is 0 Å². The number of nitrogens with one attached hydrogen (secondary N) is 2. The van der Waals surface area contributed by atoms with Crippen LogP contribution in [-0.4, -0.2) is 30.1 Å². The smallest absolute Gasteiger partial charge is 0.319 e. The summed E-state index contributed by atoms with van der Waals surface area (Å²) < 4.78 is 0. The summed E-state index contributed by atoms with van der Waals surface area (Å²) in [5.74, 6) is -0.537. The predicted molar refractivity (Wildman–Crippen MR) is 109 cm³/mol. The third kappa shape index (κ3) is 4.80. The van der Waals surface area contributed by atoms with E-state index in [9.17, 15) is 14.7 Å². The number of primary amides is 1. The summed E-state index contributed by atoms with van der Waals surface area (Å²) in [5.41, 5.74) is 8.82. The molecule has 5 N–H and O–H groups in total. The van der Waals surface area contributed by atoms with Crippen molar-refractivity contribution < 1.29 is 14.7 Å². The van der Waals surface area contributed by atoms with E-state index in [-0.39, 0.29) is 19.2 Å². The van der Waals surface area contributed by atoms with Gasteiger partial charge in [0.1, 0.15) is 0 Å². The van der Waals surface area contributed by atoms with E-state index in [2.05, 4.69) is 15.5 Å². The number of aliphatic hydroxyl groups excluding tert-OH is 1. The van der Waals surface area contributed by atoms with Gasteiger partial charge in [0, 0.05) is 25.2 Å². The number of hydrogen-bond acceptors (Lipinski definition) is 4. The number of amides is 3. The molecule has 3 rings (SSSR count). The zero-order chi connectivity index (χ0) is 19.9. The molecular formula is C21H26N4O3. The van der Waals surface area contributed by atoms with Crippen LogP contribution in [0.3, 0.4) is 0 Å². The lowest BCUT2D eigenvalue weighted by atomic mass is 10.1. The molecule has 1 aliphatic rings. The van der Waals surface area contributed by atoms with E-state index in [0.29, 0.717) is 11.3 Å². The number of piperidine rings is 1. The molecule has 7 nitrogen and oxygen atoms in total. The van der Waals surface area contributed by atoms with E-state index in [1.807, 2.05) is 30.3 Å². The number of carbonyl (C=O) groups is 2. The van der Waals surface area contributed by atoms with E-state index in [1.165, 1.54) is 6.42 Å². The summed E-state index contributed by atoms with van der Waals surface area (Å²) in [6, 6.07) is 12.1. The first-order chi connectivity index (χ1) is 13.6. The minimum atomic E-state index is -0.537. The highest BCUT2D eigenvalue weighted by atomic mass is 16.3. The molecule has 3 amide bonds. The molecule has 1 saturated heterocycles. The normalized spacial score (nSPS) is 13.8. The number of rotatable bonds is 6. The number of hydrogen-bond donors (Lipinski definition) is 4. The zero-order valence-corrected chi connectivity index (χ0v) is 15.8. The molecule has 1 aliphatic heterocycles. The Morgan fingerprint density at radius 3 is 2.43 bits per heavy atom. The Morgan fingerprint density at radius 1 is 1.04 bits per heavy atom. The Bertz CT molecular complexity index is 847. The van der Waals surface area contributed by atoms with Gasteiger partial charge in [0.05, 0.1) is 18.0 Å². The van der Waals surface area contributed by atoms with Gasteiger partial charge in [-0.15, -0.1) is 0 Å². The van der Waals surface area contributed by atoms with Crippen molar-refractivity contribution in [2.75, 3.05) is 23.3 Å². The maximum atomic E-state index is 12.5. The number of aliphatic hydroxyl groups is 1. The summed E-state index contributed by atoms with van der Waals surface area (Å²) in [7, 11) is 0. The Hall–Kier alpha value is -3.06. The van der Waals surface area contributed by atoms with Crippen molar-refractivity contribution in [3.63, 3.8) is 0 Å². The summed E-state index contributed by atoms with van der Waals surface area (Å²) in [6.45, 7) is 2.03. The topological polar surface area (TPSA) is 108 Å². The third-order valence-electron chi connectivity index (χ3n) is 4.95. The standard InChI is InChI=1S/C21H26N4O3/c22-20(27)15-8-9-19(25-10-4-1-5-11-25)18(12-15)24-21(28)23-13-16-6-2-3-7-17(16)14-26/h2-3,6-9,12,26H,1,4-5,10-11,13-14H2,(H2,22,27)(H2,23,24,28). The lowest BCUT2D eigenvalue weighted by molar-refractivity contribution is 0.100. The molecule has 1 fully saturated rings. The molecule has 0 aromatic heterocycles. The van der Waals surface area contributed by atoms with Crippen molar-refractivity contribution in [1.82, 2.24) is 5.32 Å². The fourth-order valence-corrected chi connectivity index (χ4v) is 3.43. The van der Waals surface area contributed by atoms with Crippen molar-refractivity contribution in [3.8, 4) is 0 Å². The molecule has 0 bridgehead atoms. The van der Waals surface area contributed by atoms with Crippen LogP contribution in [0, 0.1) is 0 Å². The molecule has 0 aliphatic carbocycles. The van der Waals surface area contributed by atoms with Gasteiger partial charge in [-0.05, 0) is 48.6 Å². The minimum Gasteiger partial charge on any atom is -0.392 e. The lowest BCUT2D eigenvalue weighted by Crippen LogP contribution is -2.33. The summed E-state index contributed by atoms with van der Waals surface area (Å²) in [4.78, 5) is 26.3. The third-order valence-corrected chi connectivity index (χ3v) is 4.95. The lowest BCUT2D eigenvalue weighted by Gasteiger charge is -2.30. The van der Waals surface area contributed by atoms with Crippen LogP contribution in [0.4, 0.5) is 16.2 Å². The van der Waals surface area contributed by atoms with Gasteiger partial charge in [0.15, 0.2) is 0 Å². The molecule has 1 heterocycles. The number of urea groups is 1. The molecule has 0 saturated carbocycles. The summed E-state index contributed by atoms with van der Waals surface area (Å²) >= 11 is 0. The van der Waals surface area contributed by atoms with Crippen LogP contribution in [-0.2, 0) is 13.2 Å². The van der Waals surface area contributed by atoms with Crippen LogP contribution in [0.1, 0.15) is 40.7 Å². The van der Waals surface area contributed by atoms with E-state index in [1.54, 1.807) is 12.1 Å². The highest BCUT2D eigenvalue weighted by Gasteiger charge is 2.17. The van der Waals surface area contributed by atoms with Crippen molar-refractivity contribution in [3.05, 3.63) is 59.2 Å². The molecule has 2 aromatic rings. The maximum Gasteiger partial charge on any atom is 0.319 e. The van der Waals surface area contributed by atoms with Crippen molar-refractivity contribution >= 4 is 23.3 Å². The Morgan fingerprint density at radius 2 is 1.75 bits per heavy atom. The van der Waals surface area contributed by atoms with E-state index >= 15 is 0 Å². The van der Waals surface area contributed by atoms with Gasteiger partial charge in [0.25, 0.3) is 0 Å². The predicted octanol–water partition coefficient (Wildman–Crippen LogP) is 2.59. The first kappa shape index (κ1) is 19.7. The largest absolute Gasteiger partial charge is 0.392 e. The van der Waals surface area contributed by atoms with Gasteiger partial charge in [-0.1, -0.05) is 24.3 Å². The summed E-state index contributed by atoms with van der Waals surface area (Å²) in [6.07, 6.45) is 3.39. The van der Waals surface area contributed by atoms with Crippen LogP contribution >= 0.6 is 0 Å². The Labute approximate surface area is 164 Å². The first-order valence-electron chi connectivity index (χ1n) is 9.50. The fourth-order valence-electron chi connectivity index (χ4n) is 3.43. The maximum absolute atomic E-state index is 12.5. The highest BCUT2D eigenvalue weighted by Crippen LogP contribution is 2.29.